The molecule has 0 spiro atoms. The third-order valence-electron chi connectivity index (χ3n) is 7.32. The maximum absolute atomic E-state index is 12.3. The topological polar surface area (TPSA) is 9.23 Å². The minimum absolute atomic E-state index is 0.230. The van der Waals surface area contributed by atoms with Crippen molar-refractivity contribution in [2.24, 2.45) is 11.8 Å². The average Bonchev–Trinajstić information content (AvgIpc) is 2.80. The maximum atomic E-state index is 12.3. The smallest absolute Gasteiger partial charge is 0.406 e. The highest BCUT2D eigenvalue weighted by Crippen LogP contribution is 2.48. The van der Waals surface area contributed by atoms with E-state index in [-0.39, 0.29) is 5.75 Å². The fourth-order valence-electron chi connectivity index (χ4n) is 5.70. The van der Waals surface area contributed by atoms with Gasteiger partial charge in [0.2, 0.25) is 0 Å². The number of rotatable bonds is 6. The van der Waals surface area contributed by atoms with E-state index in [1.807, 2.05) is 0 Å². The van der Waals surface area contributed by atoms with Crippen molar-refractivity contribution in [1.29, 1.82) is 0 Å². The van der Waals surface area contributed by atoms with E-state index in [2.05, 4.69) is 41.7 Å². The first kappa shape index (κ1) is 23.7. The van der Waals surface area contributed by atoms with E-state index in [0.29, 0.717) is 11.5 Å². The molecule has 0 saturated heterocycles. The Morgan fingerprint density at radius 2 is 1.67 bits per heavy atom. The van der Waals surface area contributed by atoms with Crippen LogP contribution in [-0.2, 0) is 6.42 Å². The molecule has 0 bridgehead atoms. The van der Waals surface area contributed by atoms with E-state index < -0.39 is 6.36 Å². The Kier molecular flexibility index (Phi) is 7.68. The summed E-state index contributed by atoms with van der Waals surface area (Å²) < 4.78 is 40.8. The second kappa shape index (κ2) is 10.7. The SMILES string of the molecule is CCCCCCC1CCC2c3ccc(C#Cc4ccc(OC(F)(F)F)cc4)cc3CCC2C1. The lowest BCUT2D eigenvalue weighted by molar-refractivity contribution is -0.274. The molecular weight excluding hydrogens is 421 g/mol. The van der Waals surface area contributed by atoms with Crippen LogP contribution in [0.25, 0.3) is 0 Å². The van der Waals surface area contributed by atoms with Crippen molar-refractivity contribution in [3.63, 3.8) is 0 Å². The molecule has 3 atom stereocenters. The molecule has 4 heteroatoms. The number of alkyl halides is 3. The number of hydrogen-bond acceptors (Lipinski definition) is 1. The highest BCUT2D eigenvalue weighted by molar-refractivity contribution is 5.48. The van der Waals surface area contributed by atoms with Gasteiger partial charge in [-0.05, 0) is 97.4 Å². The van der Waals surface area contributed by atoms with Gasteiger partial charge in [-0.25, -0.2) is 0 Å². The molecule has 4 rings (SSSR count). The Bertz CT molecular complexity index is 981. The molecule has 0 radical (unpaired) electrons. The summed E-state index contributed by atoms with van der Waals surface area (Å²) in [5.41, 5.74) is 4.58. The van der Waals surface area contributed by atoms with Crippen molar-refractivity contribution in [3.05, 3.63) is 64.7 Å². The van der Waals surface area contributed by atoms with Crippen LogP contribution in [-0.4, -0.2) is 6.36 Å². The monoisotopic (exact) mass is 454 g/mol. The Morgan fingerprint density at radius 3 is 2.42 bits per heavy atom. The van der Waals surface area contributed by atoms with Crippen molar-refractivity contribution in [3.8, 4) is 17.6 Å². The van der Waals surface area contributed by atoms with Crippen molar-refractivity contribution in [2.45, 2.75) is 83.4 Å². The summed E-state index contributed by atoms with van der Waals surface area (Å²) in [5, 5.41) is 0. The number of benzene rings is 2. The summed E-state index contributed by atoms with van der Waals surface area (Å²) in [6, 6.07) is 12.3. The molecule has 1 nitrogen and oxygen atoms in total. The molecule has 0 heterocycles. The Morgan fingerprint density at radius 1 is 0.909 bits per heavy atom. The van der Waals surface area contributed by atoms with Crippen LogP contribution in [0.4, 0.5) is 13.2 Å². The predicted octanol–water partition coefficient (Wildman–Crippen LogP) is 8.40. The molecule has 176 valence electrons. The van der Waals surface area contributed by atoms with Gasteiger partial charge in [-0.1, -0.05) is 56.9 Å². The van der Waals surface area contributed by atoms with E-state index >= 15 is 0 Å². The number of halogens is 3. The Labute approximate surface area is 195 Å². The average molecular weight is 455 g/mol. The highest BCUT2D eigenvalue weighted by Gasteiger charge is 2.35. The fraction of sp³-hybridized carbons (Fsp3) is 0.517. The molecule has 3 unspecified atom stereocenters. The van der Waals surface area contributed by atoms with Crippen LogP contribution in [0.5, 0.6) is 5.75 Å². The first-order chi connectivity index (χ1) is 15.9. The summed E-state index contributed by atoms with van der Waals surface area (Å²) in [6.45, 7) is 2.27. The van der Waals surface area contributed by atoms with Gasteiger partial charge < -0.3 is 4.74 Å². The second-order valence-electron chi connectivity index (χ2n) is 9.67. The zero-order chi connectivity index (χ0) is 23.3. The molecule has 2 aliphatic carbocycles. The number of unbranched alkanes of at least 4 members (excludes halogenated alkanes) is 3. The number of ether oxygens (including phenoxy) is 1. The van der Waals surface area contributed by atoms with Crippen LogP contribution in [0.1, 0.15) is 92.9 Å². The quantitative estimate of drug-likeness (QED) is 0.314. The van der Waals surface area contributed by atoms with Crippen molar-refractivity contribution in [1.82, 2.24) is 0 Å². The second-order valence-corrected chi connectivity index (χ2v) is 9.67. The standard InChI is InChI=1S/C29H33F3O/c1-2-3-4-5-6-22-11-17-27-24(19-22)13-14-25-20-23(12-18-28(25)27)8-7-21-9-15-26(16-10-21)33-29(30,31)32/h9-10,12,15-16,18,20,22,24,27H,2-6,11,13-14,17,19H2,1H3. The number of fused-ring (bicyclic) bond motifs is 3. The Balaban J connectivity index is 1.37. The molecule has 2 aromatic rings. The molecule has 1 saturated carbocycles. The van der Waals surface area contributed by atoms with E-state index in [1.165, 1.54) is 81.0 Å². The van der Waals surface area contributed by atoms with Gasteiger partial charge in [-0.3, -0.25) is 0 Å². The van der Waals surface area contributed by atoms with E-state index in [4.69, 9.17) is 0 Å². The van der Waals surface area contributed by atoms with Crippen molar-refractivity contribution in [2.75, 3.05) is 0 Å². The lowest BCUT2D eigenvalue weighted by atomic mass is 9.64. The lowest BCUT2D eigenvalue weighted by Crippen LogP contribution is -2.28. The zero-order valence-corrected chi connectivity index (χ0v) is 19.4. The third-order valence-corrected chi connectivity index (χ3v) is 7.32. The van der Waals surface area contributed by atoms with Gasteiger partial charge >= 0.3 is 6.36 Å². The summed E-state index contributed by atoms with van der Waals surface area (Å²) in [6.07, 6.45) is 8.67. The van der Waals surface area contributed by atoms with Crippen LogP contribution in [0.2, 0.25) is 0 Å². The van der Waals surface area contributed by atoms with Gasteiger partial charge in [-0.2, -0.15) is 0 Å². The molecule has 0 N–H and O–H groups in total. The molecule has 0 aliphatic heterocycles. The minimum atomic E-state index is -4.68. The van der Waals surface area contributed by atoms with Gasteiger partial charge in [0.1, 0.15) is 5.75 Å². The summed E-state index contributed by atoms with van der Waals surface area (Å²) in [7, 11) is 0. The highest BCUT2D eigenvalue weighted by atomic mass is 19.4. The van der Waals surface area contributed by atoms with E-state index in [9.17, 15) is 13.2 Å². The van der Waals surface area contributed by atoms with Crippen LogP contribution in [0, 0.1) is 23.7 Å². The Hall–Kier alpha value is -2.41. The fourth-order valence-corrected chi connectivity index (χ4v) is 5.70. The predicted molar refractivity (Wildman–Crippen MR) is 126 cm³/mol. The van der Waals surface area contributed by atoms with Crippen LogP contribution in [0.3, 0.4) is 0 Å². The van der Waals surface area contributed by atoms with Gasteiger partial charge in [0.05, 0.1) is 0 Å². The lowest BCUT2D eigenvalue weighted by Gasteiger charge is -2.40. The number of hydrogen-bond donors (Lipinski definition) is 0. The van der Waals surface area contributed by atoms with Gasteiger partial charge in [0.25, 0.3) is 0 Å². The largest absolute Gasteiger partial charge is 0.573 e. The van der Waals surface area contributed by atoms with Crippen LogP contribution in [0.15, 0.2) is 42.5 Å². The van der Waals surface area contributed by atoms with Crippen molar-refractivity contribution < 1.29 is 17.9 Å². The molecule has 33 heavy (non-hydrogen) atoms. The summed E-state index contributed by atoms with van der Waals surface area (Å²) in [5.74, 6) is 8.46. The molecule has 0 amide bonds. The van der Waals surface area contributed by atoms with Crippen molar-refractivity contribution >= 4 is 0 Å². The number of aryl methyl sites for hydroxylation is 1. The van der Waals surface area contributed by atoms with E-state index in [1.54, 1.807) is 12.1 Å². The molecule has 1 fully saturated rings. The van der Waals surface area contributed by atoms with E-state index in [0.717, 1.165) is 23.8 Å². The molecule has 0 aromatic heterocycles. The molecule has 2 aromatic carbocycles. The first-order valence-electron chi connectivity index (χ1n) is 12.4. The normalized spacial score (nSPS) is 22.0. The third kappa shape index (κ3) is 6.56. The molecular formula is C29H33F3O. The summed E-state index contributed by atoms with van der Waals surface area (Å²) >= 11 is 0. The molecule has 2 aliphatic rings. The first-order valence-corrected chi connectivity index (χ1v) is 12.4. The minimum Gasteiger partial charge on any atom is -0.406 e. The zero-order valence-electron chi connectivity index (χ0n) is 19.4. The van der Waals surface area contributed by atoms with Gasteiger partial charge in [-0.15, -0.1) is 13.2 Å². The van der Waals surface area contributed by atoms with Gasteiger partial charge in [0, 0.05) is 11.1 Å². The summed E-state index contributed by atoms with van der Waals surface area (Å²) in [4.78, 5) is 0. The van der Waals surface area contributed by atoms with Crippen LogP contribution >= 0.6 is 0 Å². The van der Waals surface area contributed by atoms with Crippen LogP contribution < -0.4 is 4.74 Å². The van der Waals surface area contributed by atoms with Gasteiger partial charge in [0.15, 0.2) is 0 Å². The maximum Gasteiger partial charge on any atom is 0.573 e.